The van der Waals surface area contributed by atoms with Crippen molar-refractivity contribution in [2.75, 3.05) is 24.9 Å². The molecule has 7 heteroatoms. The van der Waals surface area contributed by atoms with Gasteiger partial charge in [-0.05, 0) is 38.0 Å². The van der Waals surface area contributed by atoms with Crippen molar-refractivity contribution >= 4 is 23.3 Å². The van der Waals surface area contributed by atoms with Crippen molar-refractivity contribution in [3.05, 3.63) is 46.5 Å². The fourth-order valence-corrected chi connectivity index (χ4v) is 2.83. The van der Waals surface area contributed by atoms with E-state index in [1.54, 1.807) is 0 Å². The number of amides is 3. The Bertz CT molecular complexity index is 839. The molecule has 26 heavy (non-hydrogen) atoms. The Hall–Kier alpha value is -3.22. The smallest absolute Gasteiger partial charge is 0.323 e. The summed E-state index contributed by atoms with van der Waals surface area (Å²) in [5.41, 5.74) is 9.49. The summed E-state index contributed by atoms with van der Waals surface area (Å²) in [7, 11) is 2.91. The quantitative estimate of drug-likeness (QED) is 0.763. The lowest BCUT2D eigenvalue weighted by atomic mass is 10.1. The standard InChI is InChI=1S/C19H23N3O4/c1-10-6-11(2)17(12(3)7-10)22-19(24)21-14-9-16(26-5)15(25-4)8-13(14)18(20)23/h6-9H,1-5H3,(H2,20,23)(H2,21,22,24). The number of nitrogens with one attached hydrogen (secondary N) is 2. The average molecular weight is 357 g/mol. The van der Waals surface area contributed by atoms with Crippen LogP contribution in [0.1, 0.15) is 27.0 Å². The highest BCUT2D eigenvalue weighted by Gasteiger charge is 2.17. The molecule has 0 unspecified atom stereocenters. The molecule has 4 N–H and O–H groups in total. The highest BCUT2D eigenvalue weighted by molar-refractivity contribution is 6.07. The first kappa shape index (κ1) is 19.1. The summed E-state index contributed by atoms with van der Waals surface area (Å²) in [4.78, 5) is 24.2. The third-order valence-electron chi connectivity index (χ3n) is 3.95. The Morgan fingerprint density at radius 1 is 0.885 bits per heavy atom. The molecule has 0 spiro atoms. The van der Waals surface area contributed by atoms with Crippen molar-refractivity contribution < 1.29 is 19.1 Å². The number of carbonyl (C=O) groups is 2. The third kappa shape index (κ3) is 4.05. The summed E-state index contributed by atoms with van der Waals surface area (Å²) in [6.07, 6.45) is 0. The predicted molar refractivity (Wildman–Crippen MR) is 101 cm³/mol. The lowest BCUT2D eigenvalue weighted by molar-refractivity contribution is 0.100. The van der Waals surface area contributed by atoms with Crippen molar-refractivity contribution in [1.29, 1.82) is 0 Å². The normalized spacial score (nSPS) is 10.2. The van der Waals surface area contributed by atoms with Gasteiger partial charge in [-0.15, -0.1) is 0 Å². The number of ether oxygens (including phenoxy) is 2. The number of primary amides is 1. The Morgan fingerprint density at radius 2 is 1.42 bits per heavy atom. The van der Waals surface area contributed by atoms with Crippen LogP contribution in [0.2, 0.25) is 0 Å². The number of benzene rings is 2. The molecule has 7 nitrogen and oxygen atoms in total. The van der Waals surface area contributed by atoms with Gasteiger partial charge in [0.15, 0.2) is 11.5 Å². The lowest BCUT2D eigenvalue weighted by Crippen LogP contribution is -2.23. The van der Waals surface area contributed by atoms with Crippen molar-refractivity contribution in [1.82, 2.24) is 0 Å². The molecule has 0 aromatic heterocycles. The minimum atomic E-state index is -0.691. The molecular formula is C19H23N3O4. The van der Waals surface area contributed by atoms with Crippen molar-refractivity contribution in [2.45, 2.75) is 20.8 Å². The number of hydrogen-bond donors (Lipinski definition) is 3. The minimum absolute atomic E-state index is 0.121. The van der Waals surface area contributed by atoms with Gasteiger partial charge < -0.3 is 25.8 Å². The maximum atomic E-state index is 12.5. The second kappa shape index (κ2) is 7.77. The fraction of sp³-hybridized carbons (Fsp3) is 0.263. The maximum absolute atomic E-state index is 12.5. The molecule has 0 heterocycles. The number of hydrogen-bond acceptors (Lipinski definition) is 4. The van der Waals surface area contributed by atoms with E-state index in [4.69, 9.17) is 15.2 Å². The SMILES string of the molecule is COc1cc(NC(=O)Nc2c(C)cc(C)cc2C)c(C(N)=O)cc1OC. The van der Waals surface area contributed by atoms with Crippen LogP contribution in [0.25, 0.3) is 0 Å². The van der Waals surface area contributed by atoms with Gasteiger partial charge in [-0.1, -0.05) is 17.7 Å². The second-order valence-electron chi connectivity index (χ2n) is 5.97. The van der Waals surface area contributed by atoms with Gasteiger partial charge in [0.1, 0.15) is 0 Å². The second-order valence-corrected chi connectivity index (χ2v) is 5.97. The molecule has 138 valence electrons. The van der Waals surface area contributed by atoms with E-state index in [1.165, 1.54) is 26.4 Å². The van der Waals surface area contributed by atoms with Crippen LogP contribution in [0.3, 0.4) is 0 Å². The van der Waals surface area contributed by atoms with Crippen molar-refractivity contribution in [3.63, 3.8) is 0 Å². The molecule has 0 saturated carbocycles. The van der Waals surface area contributed by atoms with E-state index in [0.717, 1.165) is 16.7 Å². The largest absolute Gasteiger partial charge is 0.493 e. The van der Waals surface area contributed by atoms with Crippen LogP contribution in [0.4, 0.5) is 16.2 Å². The van der Waals surface area contributed by atoms with E-state index in [0.29, 0.717) is 17.2 Å². The minimum Gasteiger partial charge on any atom is -0.493 e. The summed E-state index contributed by atoms with van der Waals surface area (Å²) < 4.78 is 10.4. The van der Waals surface area contributed by atoms with Crippen LogP contribution in [-0.2, 0) is 0 Å². The van der Waals surface area contributed by atoms with E-state index in [-0.39, 0.29) is 11.3 Å². The zero-order chi connectivity index (χ0) is 19.4. The number of aryl methyl sites for hydroxylation is 3. The molecule has 0 saturated heterocycles. The molecule has 0 bridgehead atoms. The summed E-state index contributed by atoms with van der Waals surface area (Å²) in [6, 6.07) is 6.39. The molecule has 0 aliphatic rings. The number of carbonyl (C=O) groups excluding carboxylic acids is 2. The number of anilines is 2. The summed E-state index contributed by atoms with van der Waals surface area (Å²) in [6.45, 7) is 5.83. The third-order valence-corrected chi connectivity index (χ3v) is 3.95. The molecule has 0 radical (unpaired) electrons. The van der Waals surface area contributed by atoms with Crippen LogP contribution in [-0.4, -0.2) is 26.2 Å². The zero-order valence-corrected chi connectivity index (χ0v) is 15.5. The Balaban J connectivity index is 2.33. The molecule has 0 aliphatic heterocycles. The first-order valence-electron chi connectivity index (χ1n) is 7.98. The van der Waals surface area contributed by atoms with Gasteiger partial charge in [-0.2, -0.15) is 0 Å². The summed E-state index contributed by atoms with van der Waals surface area (Å²) >= 11 is 0. The maximum Gasteiger partial charge on any atom is 0.323 e. The van der Waals surface area contributed by atoms with E-state index in [2.05, 4.69) is 10.6 Å². The molecule has 0 aliphatic carbocycles. The summed E-state index contributed by atoms with van der Waals surface area (Å²) in [5.74, 6) is 0.0249. The van der Waals surface area contributed by atoms with E-state index < -0.39 is 11.9 Å². The van der Waals surface area contributed by atoms with Gasteiger partial charge in [-0.3, -0.25) is 4.79 Å². The fourth-order valence-electron chi connectivity index (χ4n) is 2.83. The van der Waals surface area contributed by atoms with E-state index in [1.807, 2.05) is 32.9 Å². The number of nitrogens with two attached hydrogens (primary N) is 1. The highest BCUT2D eigenvalue weighted by Crippen LogP contribution is 2.33. The van der Waals surface area contributed by atoms with Crippen LogP contribution in [0, 0.1) is 20.8 Å². The predicted octanol–water partition coefficient (Wildman–Crippen LogP) is 3.37. The molecule has 2 aromatic rings. The Kier molecular flexibility index (Phi) is 5.71. The monoisotopic (exact) mass is 357 g/mol. The van der Waals surface area contributed by atoms with Crippen LogP contribution >= 0.6 is 0 Å². The van der Waals surface area contributed by atoms with Gasteiger partial charge in [0.05, 0.1) is 25.5 Å². The Labute approximate surface area is 152 Å². The van der Waals surface area contributed by atoms with Crippen molar-refractivity contribution in [3.8, 4) is 11.5 Å². The average Bonchev–Trinajstić information content (AvgIpc) is 2.57. The number of methoxy groups -OCH3 is 2. The molecular weight excluding hydrogens is 334 g/mol. The molecule has 3 amide bonds. The Morgan fingerprint density at radius 3 is 1.92 bits per heavy atom. The molecule has 0 atom stereocenters. The van der Waals surface area contributed by atoms with Gasteiger partial charge in [-0.25, -0.2) is 4.79 Å². The van der Waals surface area contributed by atoms with E-state index in [9.17, 15) is 9.59 Å². The lowest BCUT2D eigenvalue weighted by Gasteiger charge is -2.16. The molecule has 2 rings (SSSR count). The topological polar surface area (TPSA) is 103 Å². The number of urea groups is 1. The van der Waals surface area contributed by atoms with Crippen LogP contribution in [0.5, 0.6) is 11.5 Å². The number of rotatable bonds is 5. The zero-order valence-electron chi connectivity index (χ0n) is 15.5. The van der Waals surface area contributed by atoms with E-state index >= 15 is 0 Å². The van der Waals surface area contributed by atoms with Gasteiger partial charge in [0.25, 0.3) is 5.91 Å². The van der Waals surface area contributed by atoms with Gasteiger partial charge >= 0.3 is 6.03 Å². The molecule has 0 fully saturated rings. The van der Waals surface area contributed by atoms with Crippen molar-refractivity contribution in [2.24, 2.45) is 5.73 Å². The first-order chi connectivity index (χ1) is 12.3. The first-order valence-corrected chi connectivity index (χ1v) is 7.98. The van der Waals surface area contributed by atoms with Crippen LogP contribution < -0.4 is 25.8 Å². The molecule has 2 aromatic carbocycles. The highest BCUT2D eigenvalue weighted by atomic mass is 16.5. The van der Waals surface area contributed by atoms with Gasteiger partial charge in [0.2, 0.25) is 0 Å². The van der Waals surface area contributed by atoms with Crippen LogP contribution in [0.15, 0.2) is 24.3 Å². The van der Waals surface area contributed by atoms with Gasteiger partial charge in [0, 0.05) is 11.8 Å². The summed E-state index contributed by atoms with van der Waals surface area (Å²) in [5, 5.41) is 5.46.